The van der Waals surface area contributed by atoms with Crippen molar-refractivity contribution in [1.82, 2.24) is 14.9 Å². The van der Waals surface area contributed by atoms with E-state index < -0.39 is 5.79 Å². The number of benzene rings is 3. The van der Waals surface area contributed by atoms with E-state index in [0.717, 1.165) is 65.1 Å². The standard InChI is InChI=1S/C27H26N4O3/c32-26(16-31-18-29-23-6-1-2-7-24(23)31)30-22-5-3-4-19(15-22)20-8-9-25-21(14-20)17-33-27(34-25)10-12-28-13-11-27/h1-9,14-15,18,28H,10-13,16-17H2,(H,30,32). The fraction of sp³-hybridized carbons (Fsp3) is 0.259. The first kappa shape index (κ1) is 20.9. The molecular formula is C27H26N4O3. The molecule has 2 aliphatic rings. The minimum absolute atomic E-state index is 0.0974. The number of ether oxygens (including phenoxy) is 2. The summed E-state index contributed by atoms with van der Waals surface area (Å²) < 4.78 is 14.3. The zero-order chi connectivity index (χ0) is 23.0. The topological polar surface area (TPSA) is 77.4 Å². The Labute approximate surface area is 197 Å². The van der Waals surface area contributed by atoms with Crippen molar-refractivity contribution in [3.05, 3.63) is 78.6 Å². The molecule has 0 unspecified atom stereocenters. The summed E-state index contributed by atoms with van der Waals surface area (Å²) in [6, 6.07) is 21.9. The van der Waals surface area contributed by atoms with Crippen LogP contribution in [0.1, 0.15) is 18.4 Å². The van der Waals surface area contributed by atoms with Crippen LogP contribution in [0, 0.1) is 0 Å². The second-order valence-electron chi connectivity index (χ2n) is 8.86. The molecule has 3 aromatic carbocycles. The number of nitrogens with zero attached hydrogens (tertiary/aromatic N) is 2. The van der Waals surface area contributed by atoms with Gasteiger partial charge in [-0.2, -0.15) is 0 Å². The van der Waals surface area contributed by atoms with Crippen LogP contribution in [0.2, 0.25) is 0 Å². The molecule has 2 aliphatic heterocycles. The third-order valence-electron chi connectivity index (χ3n) is 6.53. The van der Waals surface area contributed by atoms with E-state index in [0.29, 0.717) is 6.61 Å². The molecule has 6 rings (SSSR count). The van der Waals surface area contributed by atoms with Gasteiger partial charge in [0.15, 0.2) is 0 Å². The van der Waals surface area contributed by atoms with Gasteiger partial charge in [-0.1, -0.05) is 30.3 Å². The summed E-state index contributed by atoms with van der Waals surface area (Å²) in [7, 11) is 0. The fourth-order valence-electron chi connectivity index (χ4n) is 4.73. The number of carbonyl (C=O) groups excluding carboxylic acids is 1. The number of fused-ring (bicyclic) bond motifs is 2. The normalized spacial score (nSPS) is 16.7. The van der Waals surface area contributed by atoms with E-state index in [9.17, 15) is 4.79 Å². The Morgan fingerprint density at radius 2 is 1.88 bits per heavy atom. The zero-order valence-electron chi connectivity index (χ0n) is 18.8. The van der Waals surface area contributed by atoms with E-state index in [1.54, 1.807) is 6.33 Å². The number of hydrogen-bond donors (Lipinski definition) is 2. The quantitative estimate of drug-likeness (QED) is 0.480. The van der Waals surface area contributed by atoms with Crippen molar-refractivity contribution in [2.45, 2.75) is 31.8 Å². The van der Waals surface area contributed by atoms with Crippen molar-refractivity contribution in [2.75, 3.05) is 18.4 Å². The van der Waals surface area contributed by atoms with Crippen LogP contribution in [0.4, 0.5) is 5.69 Å². The van der Waals surface area contributed by atoms with Gasteiger partial charge in [0.25, 0.3) is 0 Å². The van der Waals surface area contributed by atoms with Gasteiger partial charge in [-0.05, 0) is 47.5 Å². The lowest BCUT2D eigenvalue weighted by atomic mass is 9.99. The first-order valence-electron chi connectivity index (χ1n) is 11.6. The predicted octanol–water partition coefficient (Wildman–Crippen LogP) is 4.33. The summed E-state index contributed by atoms with van der Waals surface area (Å²) in [4.78, 5) is 17.1. The van der Waals surface area contributed by atoms with Gasteiger partial charge in [0.1, 0.15) is 12.3 Å². The molecule has 2 N–H and O–H groups in total. The van der Waals surface area contributed by atoms with Gasteiger partial charge in [0, 0.05) is 37.2 Å². The number of para-hydroxylation sites is 2. The maximum Gasteiger partial charge on any atom is 0.244 e. The van der Waals surface area contributed by atoms with E-state index >= 15 is 0 Å². The van der Waals surface area contributed by atoms with Crippen LogP contribution >= 0.6 is 0 Å². The van der Waals surface area contributed by atoms with Gasteiger partial charge in [-0.3, -0.25) is 4.79 Å². The third-order valence-corrected chi connectivity index (χ3v) is 6.53. The molecule has 7 heteroatoms. The van der Waals surface area contributed by atoms with Crippen LogP contribution in [-0.2, 0) is 22.7 Å². The molecule has 7 nitrogen and oxygen atoms in total. The largest absolute Gasteiger partial charge is 0.462 e. The van der Waals surface area contributed by atoms with Crippen molar-refractivity contribution in [2.24, 2.45) is 0 Å². The van der Waals surface area contributed by atoms with Crippen LogP contribution in [0.25, 0.3) is 22.2 Å². The van der Waals surface area contributed by atoms with Gasteiger partial charge in [0.2, 0.25) is 11.7 Å². The molecule has 3 heterocycles. The van der Waals surface area contributed by atoms with Gasteiger partial charge in [-0.15, -0.1) is 0 Å². The van der Waals surface area contributed by atoms with Gasteiger partial charge >= 0.3 is 0 Å². The van der Waals surface area contributed by atoms with Gasteiger partial charge in [-0.25, -0.2) is 4.98 Å². The summed E-state index contributed by atoms with van der Waals surface area (Å²) >= 11 is 0. The smallest absolute Gasteiger partial charge is 0.244 e. The first-order valence-corrected chi connectivity index (χ1v) is 11.6. The van der Waals surface area contributed by atoms with Crippen molar-refractivity contribution in [3.8, 4) is 16.9 Å². The number of hydrogen-bond acceptors (Lipinski definition) is 5. The highest BCUT2D eigenvalue weighted by atomic mass is 16.7. The summed E-state index contributed by atoms with van der Waals surface area (Å²) in [5.41, 5.74) is 5.70. The molecular weight excluding hydrogens is 428 g/mol. The van der Waals surface area contributed by atoms with Crippen molar-refractivity contribution in [1.29, 1.82) is 0 Å². The molecule has 4 aromatic rings. The zero-order valence-corrected chi connectivity index (χ0v) is 18.8. The van der Waals surface area contributed by atoms with Gasteiger partial charge in [0.05, 0.1) is 24.0 Å². The molecule has 1 saturated heterocycles. The predicted molar refractivity (Wildman–Crippen MR) is 130 cm³/mol. The number of carbonyl (C=O) groups is 1. The highest BCUT2D eigenvalue weighted by molar-refractivity contribution is 5.92. The van der Waals surface area contributed by atoms with E-state index in [4.69, 9.17) is 9.47 Å². The minimum atomic E-state index is -0.496. The number of amides is 1. The number of piperidine rings is 1. The molecule has 0 radical (unpaired) electrons. The lowest BCUT2D eigenvalue weighted by Crippen LogP contribution is -2.49. The number of aromatic nitrogens is 2. The van der Waals surface area contributed by atoms with Crippen LogP contribution in [0.15, 0.2) is 73.1 Å². The summed E-state index contributed by atoms with van der Waals surface area (Å²) in [6.45, 7) is 2.56. The molecule has 1 spiro atoms. The van der Waals surface area contributed by atoms with Crippen LogP contribution < -0.4 is 15.4 Å². The van der Waals surface area contributed by atoms with E-state index in [1.165, 1.54) is 0 Å². The average molecular weight is 455 g/mol. The third kappa shape index (κ3) is 4.04. The minimum Gasteiger partial charge on any atom is -0.462 e. The molecule has 1 fully saturated rings. The molecule has 34 heavy (non-hydrogen) atoms. The molecule has 0 atom stereocenters. The second-order valence-corrected chi connectivity index (χ2v) is 8.86. The molecule has 0 aliphatic carbocycles. The molecule has 1 amide bonds. The second kappa shape index (κ2) is 8.59. The number of nitrogens with one attached hydrogen (secondary N) is 2. The Balaban J connectivity index is 1.17. The van der Waals surface area contributed by atoms with Gasteiger partial charge < -0.3 is 24.7 Å². The van der Waals surface area contributed by atoms with E-state index in [-0.39, 0.29) is 12.5 Å². The Hall–Kier alpha value is -3.68. The van der Waals surface area contributed by atoms with Crippen LogP contribution in [0.3, 0.4) is 0 Å². The Morgan fingerprint density at radius 1 is 1.03 bits per heavy atom. The monoisotopic (exact) mass is 454 g/mol. The first-order chi connectivity index (χ1) is 16.7. The molecule has 172 valence electrons. The molecule has 0 saturated carbocycles. The highest BCUT2D eigenvalue weighted by Crippen LogP contribution is 2.38. The van der Waals surface area contributed by atoms with E-state index in [2.05, 4.69) is 27.8 Å². The summed E-state index contributed by atoms with van der Waals surface area (Å²) in [6.07, 6.45) is 3.40. The number of anilines is 1. The lowest BCUT2D eigenvalue weighted by Gasteiger charge is -2.41. The van der Waals surface area contributed by atoms with E-state index in [1.807, 2.05) is 59.2 Å². The average Bonchev–Trinajstić information content (AvgIpc) is 3.27. The highest BCUT2D eigenvalue weighted by Gasteiger charge is 2.38. The van der Waals surface area contributed by atoms with Crippen LogP contribution in [0.5, 0.6) is 5.75 Å². The number of rotatable bonds is 4. The Kier molecular flexibility index (Phi) is 5.28. The summed E-state index contributed by atoms with van der Waals surface area (Å²) in [5, 5.41) is 6.37. The molecule has 0 bridgehead atoms. The lowest BCUT2D eigenvalue weighted by molar-refractivity contribution is -0.218. The van der Waals surface area contributed by atoms with Crippen LogP contribution in [-0.4, -0.2) is 34.3 Å². The Bertz CT molecular complexity index is 1360. The van der Waals surface area contributed by atoms with Crippen molar-refractivity contribution >= 4 is 22.6 Å². The molecule has 1 aromatic heterocycles. The Morgan fingerprint density at radius 3 is 2.79 bits per heavy atom. The fourth-order valence-corrected chi connectivity index (χ4v) is 4.73. The summed E-state index contributed by atoms with van der Waals surface area (Å²) in [5.74, 6) is 0.304. The van der Waals surface area contributed by atoms with Crippen molar-refractivity contribution < 1.29 is 14.3 Å². The number of imidazole rings is 1. The maximum atomic E-state index is 12.7. The maximum absolute atomic E-state index is 12.7. The SMILES string of the molecule is O=C(Cn1cnc2ccccc21)Nc1cccc(-c2ccc3c(c2)COC2(CCNCC2)O3)c1. The van der Waals surface area contributed by atoms with Crippen molar-refractivity contribution in [3.63, 3.8) is 0 Å².